The van der Waals surface area contributed by atoms with Gasteiger partial charge >= 0.3 is 5.97 Å². The van der Waals surface area contributed by atoms with Crippen molar-refractivity contribution in [3.8, 4) is 5.75 Å². The van der Waals surface area contributed by atoms with Crippen LogP contribution in [0.3, 0.4) is 0 Å². The number of aromatic nitrogens is 1. The zero-order chi connectivity index (χ0) is 24.4. The van der Waals surface area contributed by atoms with Gasteiger partial charge in [-0.3, -0.25) is 4.79 Å². The van der Waals surface area contributed by atoms with Crippen molar-refractivity contribution in [2.45, 2.75) is 52.6 Å². The monoisotopic (exact) mass is 458 g/mol. The molecule has 0 aliphatic heterocycles. The molecule has 0 fully saturated rings. The van der Waals surface area contributed by atoms with E-state index in [0.717, 1.165) is 34.2 Å². The van der Waals surface area contributed by atoms with Gasteiger partial charge in [-0.2, -0.15) is 0 Å². The van der Waals surface area contributed by atoms with Crippen LogP contribution in [0.25, 0.3) is 22.6 Å². The molecule has 1 N–H and O–H groups in total. The molecule has 1 heterocycles. The number of hydrogen-bond donors (Lipinski definition) is 1. The molecule has 4 rings (SSSR count). The van der Waals surface area contributed by atoms with E-state index in [1.807, 2.05) is 70.2 Å². The minimum atomic E-state index is -0.499. The first kappa shape index (κ1) is 23.5. The molecule has 0 spiro atoms. The lowest BCUT2D eigenvalue weighted by Crippen LogP contribution is -2.44. The number of aromatic hydroxyl groups is 1. The fourth-order valence-electron chi connectivity index (χ4n) is 4.73. The Balaban J connectivity index is 1.69. The summed E-state index contributed by atoms with van der Waals surface area (Å²) >= 11 is 0. The number of fused-ring (bicyclic) bond motifs is 2. The smallest absolute Gasteiger partial charge is 0.339 e. The Bertz CT molecular complexity index is 1250. The van der Waals surface area contributed by atoms with Crippen LogP contribution in [-0.4, -0.2) is 45.6 Å². The van der Waals surface area contributed by atoms with Gasteiger partial charge in [0.1, 0.15) is 5.75 Å². The average molecular weight is 459 g/mol. The fourth-order valence-corrected chi connectivity index (χ4v) is 4.73. The summed E-state index contributed by atoms with van der Waals surface area (Å²) in [7, 11) is 0. The number of amides is 1. The Kier molecular flexibility index (Phi) is 6.68. The molecule has 6 nitrogen and oxygen atoms in total. The fraction of sp³-hybridized carbons (Fsp3) is 0.321. The van der Waals surface area contributed by atoms with Crippen molar-refractivity contribution in [1.82, 2.24) is 9.88 Å². The second kappa shape index (κ2) is 9.67. The number of carbonyl (C=O) groups excluding carboxylic acids is 2. The molecule has 3 aromatic rings. The van der Waals surface area contributed by atoms with Crippen molar-refractivity contribution in [3.63, 3.8) is 0 Å². The van der Waals surface area contributed by atoms with E-state index in [1.165, 1.54) is 0 Å². The molecule has 0 atom stereocenters. The first-order valence-electron chi connectivity index (χ1n) is 11.7. The van der Waals surface area contributed by atoms with Crippen molar-refractivity contribution < 1.29 is 19.4 Å². The molecule has 0 unspecified atom stereocenters. The number of hydrogen-bond acceptors (Lipinski definition) is 5. The molecular formula is C28H30N2O4. The number of rotatable bonds is 6. The maximum atomic E-state index is 13.3. The van der Waals surface area contributed by atoms with Gasteiger partial charge < -0.3 is 14.7 Å². The standard InChI is InChI=1S/C28H30N2O4/c1-17(2)30(18(3)4)25(32)16-34-28(33)26-22-7-5-6-8-24(22)29-27-20(11-14-23(26)27)15-19-9-12-21(31)13-10-19/h5-10,12-13,15,17-18,31H,11,14,16H2,1-4H3. The summed E-state index contributed by atoms with van der Waals surface area (Å²) in [5.41, 5.74) is 4.82. The van der Waals surface area contributed by atoms with Gasteiger partial charge in [-0.1, -0.05) is 30.3 Å². The normalized spacial score (nSPS) is 14.1. The van der Waals surface area contributed by atoms with Crippen LogP contribution in [0.2, 0.25) is 0 Å². The second-order valence-corrected chi connectivity index (χ2v) is 9.16. The predicted molar refractivity (Wildman–Crippen MR) is 133 cm³/mol. The van der Waals surface area contributed by atoms with E-state index in [9.17, 15) is 14.7 Å². The third kappa shape index (κ3) is 4.67. The zero-order valence-corrected chi connectivity index (χ0v) is 20.0. The summed E-state index contributed by atoms with van der Waals surface area (Å²) in [5, 5.41) is 10.3. The summed E-state index contributed by atoms with van der Waals surface area (Å²) in [6.07, 6.45) is 3.45. The largest absolute Gasteiger partial charge is 0.508 e. The van der Waals surface area contributed by atoms with Crippen LogP contribution in [0, 0.1) is 0 Å². The predicted octanol–water partition coefficient (Wildman–Crippen LogP) is 5.23. The van der Waals surface area contributed by atoms with E-state index in [2.05, 4.69) is 0 Å². The molecule has 1 aliphatic rings. The van der Waals surface area contributed by atoms with Crippen LogP contribution in [0.15, 0.2) is 48.5 Å². The number of phenols is 1. The SMILES string of the molecule is CC(C)N(C(=O)COC(=O)c1c2c(nc3ccccc13)C(=Cc1ccc(O)cc1)CC2)C(C)C. The molecule has 1 aromatic heterocycles. The molecule has 0 saturated carbocycles. The summed E-state index contributed by atoms with van der Waals surface area (Å²) in [6.45, 7) is 7.50. The van der Waals surface area contributed by atoms with Gasteiger partial charge in [0.15, 0.2) is 6.61 Å². The topological polar surface area (TPSA) is 79.7 Å². The Morgan fingerprint density at radius 3 is 2.38 bits per heavy atom. The average Bonchev–Trinajstić information content (AvgIpc) is 3.18. The first-order valence-corrected chi connectivity index (χ1v) is 11.7. The molecule has 1 amide bonds. The molecule has 34 heavy (non-hydrogen) atoms. The minimum absolute atomic E-state index is 0.0183. The van der Waals surface area contributed by atoms with Crippen LogP contribution in [0.1, 0.15) is 61.3 Å². The molecule has 176 valence electrons. The van der Waals surface area contributed by atoms with Gasteiger partial charge in [0, 0.05) is 17.5 Å². The number of carbonyl (C=O) groups is 2. The van der Waals surface area contributed by atoms with Crippen molar-refractivity contribution >= 4 is 34.4 Å². The molecule has 1 aliphatic carbocycles. The number of nitrogens with zero attached hydrogens (tertiary/aromatic N) is 2. The highest BCUT2D eigenvalue weighted by Crippen LogP contribution is 2.38. The van der Waals surface area contributed by atoms with Crippen molar-refractivity contribution in [1.29, 1.82) is 0 Å². The van der Waals surface area contributed by atoms with Crippen LogP contribution in [0.4, 0.5) is 0 Å². The molecule has 6 heteroatoms. The highest BCUT2D eigenvalue weighted by molar-refractivity contribution is 6.07. The molecule has 0 saturated heterocycles. The maximum Gasteiger partial charge on any atom is 0.339 e. The summed E-state index contributed by atoms with van der Waals surface area (Å²) in [4.78, 5) is 32.7. The molecule has 0 radical (unpaired) electrons. The van der Waals surface area contributed by atoms with E-state index < -0.39 is 5.97 Å². The second-order valence-electron chi connectivity index (χ2n) is 9.16. The van der Waals surface area contributed by atoms with Crippen LogP contribution in [0.5, 0.6) is 5.75 Å². The van der Waals surface area contributed by atoms with Gasteiger partial charge in [0.25, 0.3) is 5.91 Å². The number of esters is 1. The van der Waals surface area contributed by atoms with Crippen LogP contribution >= 0.6 is 0 Å². The molecule has 0 bridgehead atoms. The third-order valence-electron chi connectivity index (χ3n) is 6.11. The lowest BCUT2D eigenvalue weighted by molar-refractivity contribution is -0.138. The number of benzene rings is 2. The van der Waals surface area contributed by atoms with Crippen LogP contribution < -0.4 is 0 Å². The minimum Gasteiger partial charge on any atom is -0.508 e. The lowest BCUT2D eigenvalue weighted by Gasteiger charge is -2.30. The first-order chi connectivity index (χ1) is 16.3. The summed E-state index contributed by atoms with van der Waals surface area (Å²) < 4.78 is 5.57. The number of phenolic OH excluding ortho intramolecular Hbond substituents is 1. The highest BCUT2D eigenvalue weighted by Gasteiger charge is 2.29. The van der Waals surface area contributed by atoms with E-state index >= 15 is 0 Å². The van der Waals surface area contributed by atoms with E-state index in [-0.39, 0.29) is 30.3 Å². The van der Waals surface area contributed by atoms with Gasteiger partial charge in [-0.15, -0.1) is 0 Å². The number of para-hydroxylation sites is 1. The molecule has 2 aromatic carbocycles. The number of ether oxygens (including phenoxy) is 1. The van der Waals surface area contributed by atoms with E-state index in [0.29, 0.717) is 17.5 Å². The van der Waals surface area contributed by atoms with Crippen molar-refractivity contribution in [3.05, 3.63) is 70.9 Å². The maximum absolute atomic E-state index is 13.3. The van der Waals surface area contributed by atoms with Crippen molar-refractivity contribution in [2.24, 2.45) is 0 Å². The van der Waals surface area contributed by atoms with E-state index in [4.69, 9.17) is 9.72 Å². The third-order valence-corrected chi connectivity index (χ3v) is 6.11. The Labute approximate surface area is 199 Å². The van der Waals surface area contributed by atoms with Gasteiger partial charge in [0.2, 0.25) is 0 Å². The zero-order valence-electron chi connectivity index (χ0n) is 20.0. The summed E-state index contributed by atoms with van der Waals surface area (Å²) in [6, 6.07) is 14.5. The quantitative estimate of drug-likeness (QED) is 0.512. The lowest BCUT2D eigenvalue weighted by atomic mass is 10.0. The Hall–Kier alpha value is -3.67. The van der Waals surface area contributed by atoms with Crippen LogP contribution in [-0.2, 0) is 16.0 Å². The van der Waals surface area contributed by atoms with E-state index in [1.54, 1.807) is 17.0 Å². The highest BCUT2D eigenvalue weighted by atomic mass is 16.5. The number of pyridine rings is 1. The van der Waals surface area contributed by atoms with Gasteiger partial charge in [-0.25, -0.2) is 9.78 Å². The number of allylic oxidation sites excluding steroid dienone is 1. The van der Waals surface area contributed by atoms with Gasteiger partial charge in [-0.05, 0) is 81.5 Å². The Morgan fingerprint density at radius 1 is 1.03 bits per heavy atom. The Morgan fingerprint density at radius 2 is 1.71 bits per heavy atom. The molecular weight excluding hydrogens is 428 g/mol. The van der Waals surface area contributed by atoms with Gasteiger partial charge in [0.05, 0.1) is 16.8 Å². The van der Waals surface area contributed by atoms with Crippen molar-refractivity contribution in [2.75, 3.05) is 6.61 Å². The summed E-state index contributed by atoms with van der Waals surface area (Å²) in [5.74, 6) is -0.492.